The first-order valence-corrected chi connectivity index (χ1v) is 42.6. The fraction of sp³-hybridized carbons (Fsp3) is 0.947. The van der Waals surface area contributed by atoms with E-state index in [0.29, 0.717) is 25.7 Å². The minimum atomic E-state index is -4.96. The van der Waals surface area contributed by atoms with Gasteiger partial charge in [0, 0.05) is 25.7 Å². The van der Waals surface area contributed by atoms with Crippen LogP contribution in [0.3, 0.4) is 0 Å². The van der Waals surface area contributed by atoms with E-state index in [1.165, 1.54) is 225 Å². The molecule has 0 bridgehead atoms. The van der Waals surface area contributed by atoms with Gasteiger partial charge in [-0.05, 0) is 31.6 Å². The van der Waals surface area contributed by atoms with E-state index in [1.54, 1.807) is 0 Å². The Bertz CT molecular complexity index is 1820. The highest BCUT2D eigenvalue weighted by molar-refractivity contribution is 7.47. The summed E-state index contributed by atoms with van der Waals surface area (Å²) in [5.41, 5.74) is 0. The molecule has 564 valence electrons. The highest BCUT2D eigenvalue weighted by Gasteiger charge is 2.30. The second-order valence-corrected chi connectivity index (χ2v) is 30.8. The van der Waals surface area contributed by atoms with E-state index in [4.69, 9.17) is 37.0 Å². The molecule has 0 aromatic rings. The van der Waals surface area contributed by atoms with E-state index in [-0.39, 0.29) is 25.7 Å². The zero-order valence-electron chi connectivity index (χ0n) is 61.8. The lowest BCUT2D eigenvalue weighted by molar-refractivity contribution is -0.161. The summed E-state index contributed by atoms with van der Waals surface area (Å²) in [7, 11) is -9.91. The first-order chi connectivity index (χ1) is 46.0. The molecule has 0 saturated heterocycles. The molecule has 0 aromatic carbocycles. The van der Waals surface area contributed by atoms with Gasteiger partial charge in [0.1, 0.15) is 19.3 Å². The second kappa shape index (κ2) is 69.2. The summed E-state index contributed by atoms with van der Waals surface area (Å²) < 4.78 is 68.5. The number of phosphoric ester groups is 2. The predicted octanol–water partition coefficient (Wildman–Crippen LogP) is 22.5. The molecule has 5 atom stereocenters. The van der Waals surface area contributed by atoms with Crippen LogP contribution >= 0.6 is 15.6 Å². The summed E-state index contributed by atoms with van der Waals surface area (Å²) in [6.45, 7) is 7.28. The average Bonchev–Trinajstić information content (AvgIpc) is 2.64. The molecule has 0 aliphatic carbocycles. The van der Waals surface area contributed by atoms with Gasteiger partial charge in [-0.2, -0.15) is 0 Å². The lowest BCUT2D eigenvalue weighted by Gasteiger charge is -2.21. The van der Waals surface area contributed by atoms with Gasteiger partial charge in [0.25, 0.3) is 0 Å². The Hall–Kier alpha value is -1.94. The Morgan fingerprint density at radius 1 is 0.284 bits per heavy atom. The molecule has 3 N–H and O–H groups in total. The quantitative estimate of drug-likeness (QED) is 0.0222. The number of aliphatic hydroxyl groups excluding tert-OH is 1. The summed E-state index contributed by atoms with van der Waals surface area (Å²) in [5.74, 6) is -1.34. The molecule has 17 nitrogen and oxygen atoms in total. The number of phosphoric acid groups is 2. The summed E-state index contributed by atoms with van der Waals surface area (Å²) in [5, 5.41) is 10.6. The molecule has 0 fully saturated rings. The summed E-state index contributed by atoms with van der Waals surface area (Å²) in [4.78, 5) is 72.7. The molecule has 0 aromatic heterocycles. The number of rotatable bonds is 76. The summed E-state index contributed by atoms with van der Waals surface area (Å²) in [6.07, 6.45) is 58.3. The van der Waals surface area contributed by atoms with Gasteiger partial charge < -0.3 is 33.8 Å². The highest BCUT2D eigenvalue weighted by Crippen LogP contribution is 2.45. The van der Waals surface area contributed by atoms with Gasteiger partial charge in [0.15, 0.2) is 12.2 Å². The number of carbonyl (C=O) groups excluding carboxylic acids is 4. The monoisotopic (exact) mass is 1400 g/mol. The first kappa shape index (κ1) is 93.1. The lowest BCUT2D eigenvalue weighted by atomic mass is 10.0. The number of ether oxygens (including phenoxy) is 4. The normalized spacial score (nSPS) is 13.9. The molecular formula is C76H148O17P2. The highest BCUT2D eigenvalue weighted by atomic mass is 31.2. The third-order valence-corrected chi connectivity index (χ3v) is 19.7. The smallest absolute Gasteiger partial charge is 0.462 e. The number of hydrogen-bond donors (Lipinski definition) is 3. The van der Waals surface area contributed by atoms with E-state index in [9.17, 15) is 43.2 Å². The Morgan fingerprint density at radius 3 is 0.716 bits per heavy atom. The minimum Gasteiger partial charge on any atom is -0.462 e. The average molecular weight is 1400 g/mol. The number of unbranched alkanes of at least 4 members (excludes halogenated alkanes) is 48. The van der Waals surface area contributed by atoms with Crippen LogP contribution in [0.5, 0.6) is 0 Å². The molecule has 0 radical (unpaired) electrons. The van der Waals surface area contributed by atoms with Gasteiger partial charge >= 0.3 is 39.5 Å². The van der Waals surface area contributed by atoms with Crippen LogP contribution in [0.25, 0.3) is 0 Å². The van der Waals surface area contributed by atoms with Crippen molar-refractivity contribution in [3.63, 3.8) is 0 Å². The zero-order chi connectivity index (χ0) is 69.8. The molecule has 0 aliphatic rings. The number of carbonyl (C=O) groups is 4. The molecule has 0 amide bonds. The number of esters is 4. The molecule has 0 aliphatic heterocycles. The van der Waals surface area contributed by atoms with E-state index in [1.807, 2.05) is 0 Å². The van der Waals surface area contributed by atoms with Crippen LogP contribution in [0, 0.1) is 5.92 Å². The van der Waals surface area contributed by atoms with Crippen molar-refractivity contribution in [2.24, 2.45) is 5.92 Å². The van der Waals surface area contributed by atoms with Crippen molar-refractivity contribution in [2.45, 2.75) is 419 Å². The van der Waals surface area contributed by atoms with Crippen LogP contribution in [-0.2, 0) is 65.4 Å². The van der Waals surface area contributed by atoms with Gasteiger partial charge in [-0.25, -0.2) is 9.13 Å². The third-order valence-electron chi connectivity index (χ3n) is 17.8. The van der Waals surface area contributed by atoms with E-state index in [2.05, 4.69) is 34.6 Å². The molecule has 0 rings (SSSR count). The van der Waals surface area contributed by atoms with Gasteiger partial charge in [-0.3, -0.25) is 37.3 Å². The van der Waals surface area contributed by atoms with E-state index in [0.717, 1.165) is 95.8 Å². The molecular weight excluding hydrogens is 1250 g/mol. The van der Waals surface area contributed by atoms with Crippen LogP contribution in [0.1, 0.15) is 401 Å². The number of aliphatic hydroxyl groups is 1. The SMILES string of the molecule is CCCCCCCCCCCCCCCCCCCCCCC(=O)O[C@H](COC(=O)CCCCCCCCCCCCCC(C)C)COP(=O)(O)OC[C@@H](O)COP(=O)(O)OC[C@@H](COC(=O)CCCCCCCCCCC)OC(=O)CCCCCCCCCCCCCC. The van der Waals surface area contributed by atoms with Gasteiger partial charge in [-0.15, -0.1) is 0 Å². The van der Waals surface area contributed by atoms with Crippen LogP contribution < -0.4 is 0 Å². The molecule has 95 heavy (non-hydrogen) atoms. The fourth-order valence-corrected chi connectivity index (χ4v) is 13.3. The van der Waals surface area contributed by atoms with Crippen molar-refractivity contribution < 1.29 is 80.2 Å². The van der Waals surface area contributed by atoms with E-state index >= 15 is 0 Å². The third kappa shape index (κ3) is 70.3. The van der Waals surface area contributed by atoms with Crippen molar-refractivity contribution in [3.8, 4) is 0 Å². The van der Waals surface area contributed by atoms with Crippen molar-refractivity contribution in [2.75, 3.05) is 39.6 Å². The Labute approximate surface area is 581 Å². The zero-order valence-corrected chi connectivity index (χ0v) is 63.6. The Kier molecular flexibility index (Phi) is 67.7. The molecule has 0 heterocycles. The Morgan fingerprint density at radius 2 is 0.484 bits per heavy atom. The van der Waals surface area contributed by atoms with E-state index < -0.39 is 97.5 Å². The maximum absolute atomic E-state index is 13.1. The predicted molar refractivity (Wildman–Crippen MR) is 386 cm³/mol. The Balaban J connectivity index is 5.20. The summed E-state index contributed by atoms with van der Waals surface area (Å²) in [6, 6.07) is 0. The minimum absolute atomic E-state index is 0.108. The van der Waals surface area contributed by atoms with Crippen molar-refractivity contribution in [1.29, 1.82) is 0 Å². The largest absolute Gasteiger partial charge is 0.472 e. The van der Waals surface area contributed by atoms with Crippen LogP contribution in [0.4, 0.5) is 0 Å². The van der Waals surface area contributed by atoms with Crippen molar-refractivity contribution in [3.05, 3.63) is 0 Å². The van der Waals surface area contributed by atoms with Gasteiger partial charge in [0.2, 0.25) is 0 Å². The summed E-state index contributed by atoms with van der Waals surface area (Å²) >= 11 is 0. The molecule has 2 unspecified atom stereocenters. The topological polar surface area (TPSA) is 237 Å². The first-order valence-electron chi connectivity index (χ1n) is 39.6. The fourth-order valence-electron chi connectivity index (χ4n) is 11.7. The molecule has 19 heteroatoms. The van der Waals surface area contributed by atoms with Crippen LogP contribution in [0.2, 0.25) is 0 Å². The van der Waals surface area contributed by atoms with Crippen molar-refractivity contribution >= 4 is 39.5 Å². The maximum atomic E-state index is 13.1. The molecule has 0 spiro atoms. The number of hydrogen-bond acceptors (Lipinski definition) is 15. The van der Waals surface area contributed by atoms with Crippen LogP contribution in [-0.4, -0.2) is 96.7 Å². The molecule has 0 saturated carbocycles. The van der Waals surface area contributed by atoms with Crippen LogP contribution in [0.15, 0.2) is 0 Å². The van der Waals surface area contributed by atoms with Gasteiger partial charge in [-0.1, -0.05) is 349 Å². The lowest BCUT2D eigenvalue weighted by Crippen LogP contribution is -2.30. The van der Waals surface area contributed by atoms with Crippen molar-refractivity contribution in [1.82, 2.24) is 0 Å². The second-order valence-electron chi connectivity index (χ2n) is 27.9. The van der Waals surface area contributed by atoms with Gasteiger partial charge in [0.05, 0.1) is 26.4 Å². The standard InChI is InChI=1S/C76H148O17P2/c1-6-9-12-15-18-21-23-25-26-27-28-29-30-31-32-36-42-47-52-57-62-76(81)93-72(66-87-74(79)60-55-50-45-40-37-33-34-39-43-48-53-58-69(4)5)68-91-95(84,85)89-64-70(77)63-88-94(82,83)90-67-71(65-86-73(78)59-54-49-44-38-20-17-14-11-8-3)92-75(80)61-56-51-46-41-35-24-22-19-16-13-10-7-2/h69-72,77H,6-68H2,1-5H3,(H,82,83)(H,84,85)/t70-,71+,72+/m0/s1. The maximum Gasteiger partial charge on any atom is 0.472 e.